The van der Waals surface area contributed by atoms with Gasteiger partial charge in [0, 0.05) is 6.04 Å². The third kappa shape index (κ3) is 4.27. The van der Waals surface area contributed by atoms with Crippen LogP contribution in [0.25, 0.3) is 0 Å². The first-order valence-electron chi connectivity index (χ1n) is 9.87. The van der Waals surface area contributed by atoms with Crippen molar-refractivity contribution in [3.63, 3.8) is 0 Å². The Morgan fingerprint density at radius 2 is 1.96 bits per heavy atom. The Morgan fingerprint density at radius 1 is 1.12 bits per heavy atom. The van der Waals surface area contributed by atoms with E-state index in [-0.39, 0.29) is 0 Å². The van der Waals surface area contributed by atoms with Gasteiger partial charge in [0.25, 0.3) is 0 Å². The number of nitrogens with one attached hydrogen (secondary N) is 1. The van der Waals surface area contributed by atoms with Crippen LogP contribution in [-0.2, 0) is 12.8 Å². The third-order valence-corrected chi connectivity index (χ3v) is 6.74. The minimum atomic E-state index is 0.392. The van der Waals surface area contributed by atoms with E-state index in [2.05, 4.69) is 45.2 Å². The lowest BCUT2D eigenvalue weighted by Gasteiger charge is -2.36. The Labute approximate surface area is 166 Å². The van der Waals surface area contributed by atoms with E-state index >= 15 is 0 Å². The standard InChI is InChI=1S/C21H27Cl2N3/c22-20-18(24-21(23)25-20)7-4-11-26-12-10-17-14-16(8-9-19(17)26)13-15-5-2-1-3-6-15/h1-3,5-6,16-17,19H,4,7-14H2,(H,24,25)/t16-,17-,19+/m0/s1. The van der Waals surface area contributed by atoms with Crippen molar-refractivity contribution in [2.24, 2.45) is 11.8 Å². The number of likely N-dealkylation sites (tertiary alicyclic amines) is 1. The van der Waals surface area contributed by atoms with Crippen LogP contribution in [0.2, 0.25) is 10.4 Å². The van der Waals surface area contributed by atoms with Crippen molar-refractivity contribution in [3.05, 3.63) is 52.0 Å². The topological polar surface area (TPSA) is 31.9 Å². The van der Waals surface area contributed by atoms with Crippen molar-refractivity contribution < 1.29 is 0 Å². The van der Waals surface area contributed by atoms with E-state index in [1.807, 2.05) is 0 Å². The number of imidazole rings is 1. The number of hydrogen-bond acceptors (Lipinski definition) is 2. The molecule has 1 aliphatic carbocycles. The maximum atomic E-state index is 6.09. The van der Waals surface area contributed by atoms with Crippen molar-refractivity contribution in [2.45, 2.75) is 51.0 Å². The van der Waals surface area contributed by atoms with Gasteiger partial charge in [-0.2, -0.15) is 0 Å². The van der Waals surface area contributed by atoms with Gasteiger partial charge in [-0.15, -0.1) is 0 Å². The number of aromatic amines is 1. The van der Waals surface area contributed by atoms with E-state index in [4.69, 9.17) is 23.2 Å². The number of H-pyrrole nitrogens is 1. The van der Waals surface area contributed by atoms with E-state index in [9.17, 15) is 0 Å². The fourth-order valence-corrected chi connectivity index (χ4v) is 5.49. The van der Waals surface area contributed by atoms with Crippen LogP contribution in [0.1, 0.15) is 43.4 Å². The van der Waals surface area contributed by atoms with Gasteiger partial charge < -0.3 is 9.88 Å². The van der Waals surface area contributed by atoms with Gasteiger partial charge in [0.1, 0.15) is 0 Å². The molecule has 1 N–H and O–H groups in total. The van der Waals surface area contributed by atoms with Crippen LogP contribution in [0.5, 0.6) is 0 Å². The molecule has 26 heavy (non-hydrogen) atoms. The highest BCUT2D eigenvalue weighted by atomic mass is 35.5. The molecule has 1 saturated heterocycles. The highest BCUT2D eigenvalue weighted by Crippen LogP contribution is 2.40. The lowest BCUT2D eigenvalue weighted by molar-refractivity contribution is 0.150. The SMILES string of the molecule is Clc1nc(Cl)c(CCCN2CC[C@H]3C[C@H](Cc4ccccc4)CC[C@H]32)[nH]1. The third-order valence-electron chi connectivity index (χ3n) is 6.25. The Bertz CT molecular complexity index is 715. The molecule has 1 aliphatic heterocycles. The number of fused-ring (bicyclic) bond motifs is 1. The Morgan fingerprint density at radius 3 is 2.73 bits per heavy atom. The molecule has 5 heteroatoms. The maximum absolute atomic E-state index is 6.09. The summed E-state index contributed by atoms with van der Waals surface area (Å²) in [6.45, 7) is 2.41. The predicted octanol–water partition coefficient (Wildman–Crippen LogP) is 5.38. The number of nitrogens with zero attached hydrogens (tertiary/aromatic N) is 2. The summed E-state index contributed by atoms with van der Waals surface area (Å²) in [7, 11) is 0. The first-order valence-corrected chi connectivity index (χ1v) is 10.6. The summed E-state index contributed by atoms with van der Waals surface area (Å²) in [5.41, 5.74) is 2.47. The van der Waals surface area contributed by atoms with Crippen molar-refractivity contribution in [3.8, 4) is 0 Å². The molecule has 0 spiro atoms. The minimum absolute atomic E-state index is 0.392. The Balaban J connectivity index is 1.25. The summed E-state index contributed by atoms with van der Waals surface area (Å²) in [6.07, 6.45) is 8.78. The summed E-state index contributed by atoms with van der Waals surface area (Å²) in [4.78, 5) is 9.81. The molecule has 3 nitrogen and oxygen atoms in total. The maximum Gasteiger partial charge on any atom is 0.201 e. The molecule has 0 radical (unpaired) electrons. The van der Waals surface area contributed by atoms with E-state index < -0.39 is 0 Å². The molecule has 3 atom stereocenters. The smallest absolute Gasteiger partial charge is 0.201 e. The number of hydrogen-bond donors (Lipinski definition) is 1. The van der Waals surface area contributed by atoms with Gasteiger partial charge in [-0.25, -0.2) is 4.98 Å². The summed E-state index contributed by atoms with van der Waals surface area (Å²) in [6, 6.07) is 11.8. The van der Waals surface area contributed by atoms with Crippen LogP contribution in [0, 0.1) is 11.8 Å². The molecule has 4 rings (SSSR count). The number of rotatable bonds is 6. The summed E-state index contributed by atoms with van der Waals surface area (Å²) >= 11 is 12.0. The largest absolute Gasteiger partial charge is 0.331 e. The minimum Gasteiger partial charge on any atom is -0.331 e. The first-order chi connectivity index (χ1) is 12.7. The van der Waals surface area contributed by atoms with Crippen LogP contribution in [0.4, 0.5) is 0 Å². The summed E-state index contributed by atoms with van der Waals surface area (Å²) < 4.78 is 0. The van der Waals surface area contributed by atoms with E-state index in [1.54, 1.807) is 0 Å². The van der Waals surface area contributed by atoms with Crippen molar-refractivity contribution in [2.75, 3.05) is 13.1 Å². The molecule has 2 fully saturated rings. The molecular weight excluding hydrogens is 365 g/mol. The molecule has 1 aromatic heterocycles. The van der Waals surface area contributed by atoms with Crippen molar-refractivity contribution in [1.29, 1.82) is 0 Å². The molecule has 0 unspecified atom stereocenters. The Kier molecular flexibility index (Phi) is 5.87. The van der Waals surface area contributed by atoms with Crippen molar-refractivity contribution >= 4 is 23.2 Å². The molecule has 2 aromatic rings. The van der Waals surface area contributed by atoms with Crippen LogP contribution >= 0.6 is 23.2 Å². The van der Waals surface area contributed by atoms with Gasteiger partial charge in [-0.1, -0.05) is 41.9 Å². The summed E-state index contributed by atoms with van der Waals surface area (Å²) in [5.74, 6) is 1.76. The lowest BCUT2D eigenvalue weighted by atomic mass is 9.76. The highest BCUT2D eigenvalue weighted by Gasteiger charge is 2.38. The highest BCUT2D eigenvalue weighted by molar-refractivity contribution is 6.32. The monoisotopic (exact) mass is 391 g/mol. The second-order valence-corrected chi connectivity index (χ2v) is 8.64. The zero-order chi connectivity index (χ0) is 17.9. The fourth-order valence-electron chi connectivity index (χ4n) is 5.03. The molecule has 0 bridgehead atoms. The van der Waals surface area contributed by atoms with Gasteiger partial charge in [0.15, 0.2) is 5.15 Å². The normalized spacial score (nSPS) is 26.2. The summed E-state index contributed by atoms with van der Waals surface area (Å²) in [5, 5.41) is 0.915. The quantitative estimate of drug-likeness (QED) is 0.716. The molecule has 2 aliphatic rings. The average molecular weight is 392 g/mol. The van der Waals surface area contributed by atoms with Crippen LogP contribution in [0.15, 0.2) is 30.3 Å². The first kappa shape index (κ1) is 18.3. The van der Waals surface area contributed by atoms with Crippen LogP contribution < -0.4 is 0 Å². The number of aromatic nitrogens is 2. The molecule has 1 aromatic carbocycles. The van der Waals surface area contributed by atoms with Crippen molar-refractivity contribution in [1.82, 2.24) is 14.9 Å². The van der Waals surface area contributed by atoms with Gasteiger partial charge >= 0.3 is 0 Å². The van der Waals surface area contributed by atoms with Crippen LogP contribution in [-0.4, -0.2) is 34.0 Å². The second kappa shape index (κ2) is 8.33. The van der Waals surface area contributed by atoms with Gasteiger partial charge in [0.05, 0.1) is 5.69 Å². The fraction of sp³-hybridized carbons (Fsp3) is 0.571. The number of halogens is 2. The van der Waals surface area contributed by atoms with E-state index in [1.165, 1.54) is 44.2 Å². The molecule has 0 amide bonds. The number of benzene rings is 1. The lowest BCUT2D eigenvalue weighted by Crippen LogP contribution is -2.37. The molecule has 2 heterocycles. The predicted molar refractivity (Wildman–Crippen MR) is 108 cm³/mol. The molecular formula is C21H27Cl2N3. The number of aryl methyl sites for hydroxylation is 1. The second-order valence-electron chi connectivity index (χ2n) is 7.92. The van der Waals surface area contributed by atoms with Gasteiger partial charge in [-0.3, -0.25) is 0 Å². The van der Waals surface area contributed by atoms with Gasteiger partial charge in [0.2, 0.25) is 5.28 Å². The average Bonchev–Trinajstić information content (AvgIpc) is 3.18. The zero-order valence-electron chi connectivity index (χ0n) is 15.1. The molecule has 1 saturated carbocycles. The van der Waals surface area contributed by atoms with E-state index in [0.717, 1.165) is 43.0 Å². The molecule has 140 valence electrons. The van der Waals surface area contributed by atoms with Crippen LogP contribution in [0.3, 0.4) is 0 Å². The Hall–Kier alpha value is -1.03. The zero-order valence-corrected chi connectivity index (χ0v) is 16.6. The van der Waals surface area contributed by atoms with Gasteiger partial charge in [-0.05, 0) is 87.0 Å². The van der Waals surface area contributed by atoms with E-state index in [0.29, 0.717) is 10.4 Å².